The van der Waals surface area contributed by atoms with Crippen LogP contribution in [0.5, 0.6) is 5.75 Å². The Hall–Kier alpha value is -2.37. The quantitative estimate of drug-likeness (QED) is 0.506. The Morgan fingerprint density at radius 2 is 1.85 bits per heavy atom. The van der Waals surface area contributed by atoms with Crippen molar-refractivity contribution < 1.29 is 24.2 Å². The molecule has 1 N–H and O–H groups in total. The van der Waals surface area contributed by atoms with Gasteiger partial charge in [0.1, 0.15) is 5.75 Å². The normalized spacial score (nSPS) is 18.9. The molecule has 1 aliphatic rings. The second-order valence-corrected chi connectivity index (χ2v) is 4.97. The number of ether oxygens (including phenoxy) is 2. The summed E-state index contributed by atoms with van der Waals surface area (Å²) in [6, 6.07) is 4.78. The van der Waals surface area contributed by atoms with Gasteiger partial charge in [-0.1, -0.05) is 6.07 Å². The number of aliphatic imine (C=N–C) groups is 1. The first-order valence-electron chi connectivity index (χ1n) is 6.08. The van der Waals surface area contributed by atoms with Crippen LogP contribution in [0.2, 0.25) is 0 Å². The fraction of sp³-hybridized carbons (Fsp3) is 0.357. The maximum absolute atomic E-state index is 11.7. The van der Waals surface area contributed by atoms with E-state index in [1.54, 1.807) is 19.1 Å². The summed E-state index contributed by atoms with van der Waals surface area (Å²) in [6.45, 7) is 4.71. The lowest BCUT2D eigenvalue weighted by molar-refractivity contribution is -0.235. The van der Waals surface area contributed by atoms with Crippen molar-refractivity contribution >= 4 is 23.8 Å². The van der Waals surface area contributed by atoms with E-state index in [1.165, 1.54) is 19.9 Å². The van der Waals surface area contributed by atoms with E-state index in [-0.39, 0.29) is 5.75 Å². The summed E-state index contributed by atoms with van der Waals surface area (Å²) in [5, 5.41) is 9.55. The summed E-state index contributed by atoms with van der Waals surface area (Å²) in [5.74, 6) is -3.75. The molecule has 1 fully saturated rings. The number of phenols is 1. The highest BCUT2D eigenvalue weighted by Crippen LogP contribution is 2.25. The Morgan fingerprint density at radius 1 is 1.25 bits per heavy atom. The number of carbonyl (C=O) groups excluding carboxylic acids is 2. The Balaban J connectivity index is 2.16. The van der Waals surface area contributed by atoms with Crippen LogP contribution in [-0.2, 0) is 19.1 Å². The minimum absolute atomic E-state index is 0.0922. The largest absolute Gasteiger partial charge is 0.508 e. The Labute approximate surface area is 116 Å². The predicted octanol–water partition coefficient (Wildman–Crippen LogP) is 1.86. The summed E-state index contributed by atoms with van der Waals surface area (Å²) in [4.78, 5) is 27.4. The number of rotatable bonds is 2. The van der Waals surface area contributed by atoms with E-state index in [1.807, 2.05) is 0 Å². The Bertz CT molecular complexity index is 571. The SMILES string of the molecule is Cc1ccc(N=CC2C(=O)OC(C)(C)OC2=O)cc1O. The Morgan fingerprint density at radius 3 is 2.40 bits per heavy atom. The number of esters is 2. The lowest BCUT2D eigenvalue weighted by Gasteiger charge is -2.31. The second-order valence-electron chi connectivity index (χ2n) is 4.97. The van der Waals surface area contributed by atoms with E-state index in [2.05, 4.69) is 4.99 Å². The molecule has 2 rings (SSSR count). The van der Waals surface area contributed by atoms with E-state index in [4.69, 9.17) is 9.47 Å². The van der Waals surface area contributed by atoms with Crippen LogP contribution < -0.4 is 0 Å². The number of benzene rings is 1. The molecule has 0 radical (unpaired) electrons. The average Bonchev–Trinajstić information content (AvgIpc) is 2.31. The van der Waals surface area contributed by atoms with E-state index in [0.717, 1.165) is 6.21 Å². The van der Waals surface area contributed by atoms with Gasteiger partial charge < -0.3 is 14.6 Å². The predicted molar refractivity (Wildman–Crippen MR) is 70.7 cm³/mol. The number of carbonyl (C=O) groups is 2. The summed E-state index contributed by atoms with van der Waals surface area (Å²) >= 11 is 0. The number of cyclic esters (lactones) is 2. The minimum Gasteiger partial charge on any atom is -0.508 e. The van der Waals surface area contributed by atoms with Gasteiger partial charge in [-0.2, -0.15) is 0 Å². The Kier molecular flexibility index (Phi) is 3.48. The van der Waals surface area contributed by atoms with Gasteiger partial charge in [0.15, 0.2) is 5.92 Å². The van der Waals surface area contributed by atoms with Crippen molar-refractivity contribution in [2.75, 3.05) is 0 Å². The zero-order chi connectivity index (χ0) is 14.9. The van der Waals surface area contributed by atoms with Gasteiger partial charge in [-0.05, 0) is 18.6 Å². The third-order valence-electron chi connectivity index (χ3n) is 2.77. The van der Waals surface area contributed by atoms with E-state index >= 15 is 0 Å². The molecule has 0 aliphatic carbocycles. The van der Waals surface area contributed by atoms with Crippen LogP contribution in [0.3, 0.4) is 0 Å². The first-order valence-corrected chi connectivity index (χ1v) is 6.08. The number of aromatic hydroxyl groups is 1. The molecule has 1 saturated heterocycles. The highest BCUT2D eigenvalue weighted by Gasteiger charge is 2.42. The molecular formula is C14H15NO5. The molecule has 1 aromatic carbocycles. The van der Waals surface area contributed by atoms with Gasteiger partial charge in [0.05, 0.1) is 5.69 Å². The molecule has 20 heavy (non-hydrogen) atoms. The van der Waals surface area contributed by atoms with Gasteiger partial charge in [0.25, 0.3) is 5.79 Å². The molecule has 0 spiro atoms. The zero-order valence-corrected chi connectivity index (χ0v) is 11.4. The third-order valence-corrected chi connectivity index (χ3v) is 2.77. The van der Waals surface area contributed by atoms with Crippen molar-refractivity contribution in [1.29, 1.82) is 0 Å². The average molecular weight is 277 g/mol. The van der Waals surface area contributed by atoms with E-state index < -0.39 is 23.6 Å². The van der Waals surface area contributed by atoms with Gasteiger partial charge in [-0.25, -0.2) is 0 Å². The maximum Gasteiger partial charge on any atom is 0.329 e. The van der Waals surface area contributed by atoms with Crippen LogP contribution in [0.25, 0.3) is 0 Å². The summed E-state index contributed by atoms with van der Waals surface area (Å²) in [6.07, 6.45) is 1.16. The molecule has 0 bridgehead atoms. The van der Waals surface area contributed by atoms with Crippen molar-refractivity contribution in [2.45, 2.75) is 26.6 Å². The van der Waals surface area contributed by atoms with E-state index in [9.17, 15) is 14.7 Å². The first-order chi connectivity index (χ1) is 9.28. The standard InChI is InChI=1S/C14H15NO5/c1-8-4-5-9(6-11(8)16)15-7-10-12(17)19-14(2,3)20-13(10)18/h4-7,10,16H,1-3H3. The van der Waals surface area contributed by atoms with Crippen LogP contribution in [0.1, 0.15) is 19.4 Å². The highest BCUT2D eigenvalue weighted by molar-refractivity contribution is 6.10. The molecule has 0 atom stereocenters. The topological polar surface area (TPSA) is 85.2 Å². The lowest BCUT2D eigenvalue weighted by atomic mass is 10.1. The molecule has 1 heterocycles. The number of aryl methyl sites for hydroxylation is 1. The van der Waals surface area contributed by atoms with Crippen LogP contribution in [0, 0.1) is 12.8 Å². The summed E-state index contributed by atoms with van der Waals surface area (Å²) in [5.41, 5.74) is 1.14. The van der Waals surface area contributed by atoms with Gasteiger partial charge in [-0.15, -0.1) is 0 Å². The van der Waals surface area contributed by atoms with Crippen molar-refractivity contribution in [2.24, 2.45) is 10.9 Å². The third kappa shape index (κ3) is 2.96. The molecule has 0 saturated carbocycles. The molecular weight excluding hydrogens is 262 g/mol. The summed E-state index contributed by atoms with van der Waals surface area (Å²) in [7, 11) is 0. The first kappa shape index (κ1) is 14.0. The van der Waals surface area contributed by atoms with Gasteiger partial charge in [-0.3, -0.25) is 14.6 Å². The van der Waals surface area contributed by atoms with Crippen LogP contribution in [-0.4, -0.2) is 29.0 Å². The smallest absolute Gasteiger partial charge is 0.329 e. The van der Waals surface area contributed by atoms with E-state index in [0.29, 0.717) is 11.3 Å². The number of phenolic OH excluding ortho intramolecular Hbond substituents is 1. The molecule has 0 amide bonds. The molecule has 106 valence electrons. The van der Waals surface area contributed by atoms with Crippen LogP contribution in [0.15, 0.2) is 23.2 Å². The molecule has 0 aromatic heterocycles. The van der Waals surface area contributed by atoms with Crippen molar-refractivity contribution in [1.82, 2.24) is 0 Å². The monoisotopic (exact) mass is 277 g/mol. The second kappa shape index (κ2) is 4.96. The molecule has 6 nitrogen and oxygen atoms in total. The number of hydrogen-bond donors (Lipinski definition) is 1. The molecule has 6 heteroatoms. The minimum atomic E-state index is -1.25. The van der Waals surface area contributed by atoms with Crippen LogP contribution in [0.4, 0.5) is 5.69 Å². The number of hydrogen-bond acceptors (Lipinski definition) is 6. The van der Waals surface area contributed by atoms with Crippen LogP contribution >= 0.6 is 0 Å². The molecule has 1 aliphatic heterocycles. The zero-order valence-electron chi connectivity index (χ0n) is 11.4. The van der Waals surface area contributed by atoms with Gasteiger partial charge in [0.2, 0.25) is 0 Å². The van der Waals surface area contributed by atoms with Crippen molar-refractivity contribution in [3.05, 3.63) is 23.8 Å². The maximum atomic E-state index is 11.7. The molecule has 0 unspecified atom stereocenters. The summed E-state index contributed by atoms with van der Waals surface area (Å²) < 4.78 is 9.93. The van der Waals surface area contributed by atoms with Gasteiger partial charge >= 0.3 is 11.9 Å². The number of nitrogens with zero attached hydrogens (tertiary/aromatic N) is 1. The lowest BCUT2D eigenvalue weighted by Crippen LogP contribution is -2.46. The van der Waals surface area contributed by atoms with Crippen molar-refractivity contribution in [3.8, 4) is 5.75 Å². The van der Waals surface area contributed by atoms with Crippen molar-refractivity contribution in [3.63, 3.8) is 0 Å². The molecule has 1 aromatic rings. The van der Waals surface area contributed by atoms with Gasteiger partial charge in [0, 0.05) is 26.1 Å². The fourth-order valence-corrected chi connectivity index (χ4v) is 1.69. The fourth-order valence-electron chi connectivity index (χ4n) is 1.69. The highest BCUT2D eigenvalue weighted by atomic mass is 16.7.